The van der Waals surface area contributed by atoms with Crippen LogP contribution in [0.2, 0.25) is 10.0 Å². The summed E-state index contributed by atoms with van der Waals surface area (Å²) in [5.41, 5.74) is 0. The highest BCUT2D eigenvalue weighted by atomic mass is 35.5. The molecule has 21 heavy (non-hydrogen) atoms. The van der Waals surface area contributed by atoms with Crippen molar-refractivity contribution >= 4 is 29.1 Å². The van der Waals surface area contributed by atoms with Crippen molar-refractivity contribution in [3.63, 3.8) is 0 Å². The molecule has 0 saturated carbocycles. The Morgan fingerprint density at radius 2 is 2.05 bits per heavy atom. The lowest BCUT2D eigenvalue weighted by atomic mass is 10.3. The molecule has 0 spiro atoms. The SMILES string of the molecule is CCN(C)C(=O)CNCC(O)COc1c(Cl)cccc1Cl. The van der Waals surface area contributed by atoms with Crippen molar-refractivity contribution in [3.8, 4) is 5.75 Å². The van der Waals surface area contributed by atoms with Gasteiger partial charge in [-0.25, -0.2) is 0 Å². The Kier molecular flexibility index (Phi) is 7.82. The van der Waals surface area contributed by atoms with E-state index < -0.39 is 6.10 Å². The summed E-state index contributed by atoms with van der Waals surface area (Å²) in [5.74, 6) is 0.321. The van der Waals surface area contributed by atoms with Crippen molar-refractivity contribution in [2.24, 2.45) is 0 Å². The topological polar surface area (TPSA) is 61.8 Å². The fourth-order valence-corrected chi connectivity index (χ4v) is 2.02. The van der Waals surface area contributed by atoms with E-state index in [0.717, 1.165) is 0 Å². The first-order valence-corrected chi connectivity index (χ1v) is 7.40. The summed E-state index contributed by atoms with van der Waals surface area (Å²) >= 11 is 11.9. The molecule has 1 amide bonds. The highest BCUT2D eigenvalue weighted by molar-refractivity contribution is 6.37. The van der Waals surface area contributed by atoms with E-state index in [4.69, 9.17) is 27.9 Å². The maximum atomic E-state index is 11.5. The van der Waals surface area contributed by atoms with E-state index >= 15 is 0 Å². The molecule has 0 aromatic heterocycles. The molecule has 7 heteroatoms. The number of hydrogen-bond acceptors (Lipinski definition) is 4. The zero-order valence-corrected chi connectivity index (χ0v) is 13.6. The number of amides is 1. The number of halogens is 2. The summed E-state index contributed by atoms with van der Waals surface area (Å²) in [6, 6.07) is 5.03. The van der Waals surface area contributed by atoms with Crippen LogP contribution in [0.5, 0.6) is 5.75 Å². The molecule has 2 N–H and O–H groups in total. The summed E-state index contributed by atoms with van der Waals surface area (Å²) < 4.78 is 5.41. The molecule has 0 bridgehead atoms. The minimum absolute atomic E-state index is 0.0280. The first kappa shape index (κ1) is 18.0. The third kappa shape index (κ3) is 6.09. The van der Waals surface area contributed by atoms with Gasteiger partial charge in [0.05, 0.1) is 16.6 Å². The molecule has 1 aromatic carbocycles. The van der Waals surface area contributed by atoms with Crippen molar-refractivity contribution in [2.45, 2.75) is 13.0 Å². The van der Waals surface area contributed by atoms with E-state index in [1.54, 1.807) is 30.1 Å². The minimum Gasteiger partial charge on any atom is -0.488 e. The summed E-state index contributed by atoms with van der Waals surface area (Å²) in [6.45, 7) is 3.00. The Labute approximate surface area is 134 Å². The third-order valence-electron chi connectivity index (χ3n) is 2.90. The summed E-state index contributed by atoms with van der Waals surface area (Å²) in [6.07, 6.45) is -0.767. The van der Waals surface area contributed by atoms with Gasteiger partial charge in [0.1, 0.15) is 12.7 Å². The molecule has 5 nitrogen and oxygen atoms in total. The largest absolute Gasteiger partial charge is 0.488 e. The number of rotatable bonds is 8. The van der Waals surface area contributed by atoms with Gasteiger partial charge in [0.15, 0.2) is 5.75 Å². The fraction of sp³-hybridized carbons (Fsp3) is 0.500. The Bertz CT molecular complexity index is 451. The lowest BCUT2D eigenvalue weighted by Crippen LogP contribution is -2.39. The van der Waals surface area contributed by atoms with Crippen LogP contribution in [-0.2, 0) is 4.79 Å². The first-order valence-electron chi connectivity index (χ1n) is 6.65. The van der Waals surface area contributed by atoms with Gasteiger partial charge in [-0.05, 0) is 19.1 Å². The van der Waals surface area contributed by atoms with E-state index in [1.807, 2.05) is 6.92 Å². The van der Waals surface area contributed by atoms with Gasteiger partial charge < -0.3 is 20.1 Å². The molecule has 1 unspecified atom stereocenters. The van der Waals surface area contributed by atoms with E-state index in [-0.39, 0.29) is 25.6 Å². The predicted octanol–water partition coefficient (Wildman–Crippen LogP) is 1.80. The van der Waals surface area contributed by atoms with Gasteiger partial charge in [-0.2, -0.15) is 0 Å². The van der Waals surface area contributed by atoms with Crippen LogP contribution in [0.25, 0.3) is 0 Å². The normalized spacial score (nSPS) is 12.0. The molecule has 0 heterocycles. The van der Waals surface area contributed by atoms with Crippen molar-refractivity contribution in [3.05, 3.63) is 28.2 Å². The number of carbonyl (C=O) groups excluding carboxylic acids is 1. The number of carbonyl (C=O) groups is 1. The molecule has 0 radical (unpaired) electrons. The lowest BCUT2D eigenvalue weighted by Gasteiger charge is -2.17. The standard InChI is InChI=1S/C14H20Cl2N2O3/c1-3-18(2)13(20)8-17-7-10(19)9-21-14-11(15)5-4-6-12(14)16/h4-6,10,17,19H,3,7-9H2,1-2H3. The van der Waals surface area contributed by atoms with Crippen LogP contribution in [0.15, 0.2) is 18.2 Å². The molecule has 0 aliphatic rings. The second-order valence-corrected chi connectivity index (χ2v) is 5.37. The van der Waals surface area contributed by atoms with E-state index in [9.17, 15) is 9.90 Å². The van der Waals surface area contributed by atoms with Crippen molar-refractivity contribution in [1.29, 1.82) is 0 Å². The van der Waals surface area contributed by atoms with Crippen molar-refractivity contribution < 1.29 is 14.6 Å². The second kappa shape index (κ2) is 9.10. The zero-order valence-electron chi connectivity index (χ0n) is 12.1. The monoisotopic (exact) mass is 334 g/mol. The number of likely N-dealkylation sites (N-methyl/N-ethyl adjacent to an activating group) is 1. The van der Waals surface area contributed by atoms with E-state index in [1.165, 1.54) is 0 Å². The number of nitrogens with zero attached hydrogens (tertiary/aromatic N) is 1. The molecule has 118 valence electrons. The summed E-state index contributed by atoms with van der Waals surface area (Å²) in [4.78, 5) is 13.1. The molecule has 1 aromatic rings. The Balaban J connectivity index is 2.32. The Morgan fingerprint density at radius 1 is 1.43 bits per heavy atom. The van der Waals surface area contributed by atoms with Gasteiger partial charge in [-0.1, -0.05) is 29.3 Å². The van der Waals surface area contributed by atoms with Crippen molar-refractivity contribution in [1.82, 2.24) is 10.2 Å². The predicted molar refractivity (Wildman–Crippen MR) is 84.1 cm³/mol. The molecule has 0 fully saturated rings. The number of aliphatic hydroxyl groups excluding tert-OH is 1. The van der Waals surface area contributed by atoms with Gasteiger partial charge in [0.25, 0.3) is 0 Å². The molecule has 1 atom stereocenters. The highest BCUT2D eigenvalue weighted by Crippen LogP contribution is 2.32. The molecule has 1 rings (SSSR count). The van der Waals surface area contributed by atoms with Crippen LogP contribution in [0.3, 0.4) is 0 Å². The average Bonchev–Trinajstić information content (AvgIpc) is 2.45. The number of ether oxygens (including phenoxy) is 1. The Morgan fingerprint density at radius 3 is 2.62 bits per heavy atom. The number of para-hydroxylation sites is 1. The molecule has 0 aliphatic heterocycles. The second-order valence-electron chi connectivity index (χ2n) is 4.55. The Hall–Kier alpha value is -1.01. The van der Waals surface area contributed by atoms with Gasteiger partial charge in [0, 0.05) is 20.1 Å². The van der Waals surface area contributed by atoms with Crippen LogP contribution in [0, 0.1) is 0 Å². The lowest BCUT2D eigenvalue weighted by molar-refractivity contribution is -0.128. The molecule has 0 saturated heterocycles. The number of hydrogen-bond donors (Lipinski definition) is 2. The first-order chi connectivity index (χ1) is 9.95. The van der Waals surface area contributed by atoms with Crippen LogP contribution in [-0.4, -0.2) is 55.3 Å². The maximum Gasteiger partial charge on any atom is 0.236 e. The van der Waals surface area contributed by atoms with Gasteiger partial charge in [0.2, 0.25) is 5.91 Å². The van der Waals surface area contributed by atoms with Crippen LogP contribution in [0.1, 0.15) is 6.92 Å². The maximum absolute atomic E-state index is 11.5. The van der Waals surface area contributed by atoms with Crippen LogP contribution in [0.4, 0.5) is 0 Å². The number of nitrogens with one attached hydrogen (secondary N) is 1. The van der Waals surface area contributed by atoms with E-state index in [0.29, 0.717) is 22.3 Å². The van der Waals surface area contributed by atoms with Crippen LogP contribution < -0.4 is 10.1 Å². The average molecular weight is 335 g/mol. The van der Waals surface area contributed by atoms with Gasteiger partial charge >= 0.3 is 0 Å². The third-order valence-corrected chi connectivity index (χ3v) is 3.49. The quantitative estimate of drug-likeness (QED) is 0.761. The van der Waals surface area contributed by atoms with E-state index in [2.05, 4.69) is 5.32 Å². The molecule has 0 aliphatic carbocycles. The highest BCUT2D eigenvalue weighted by Gasteiger charge is 2.11. The smallest absolute Gasteiger partial charge is 0.236 e. The summed E-state index contributed by atoms with van der Waals surface area (Å²) in [7, 11) is 1.73. The summed E-state index contributed by atoms with van der Waals surface area (Å²) in [5, 5.41) is 13.5. The van der Waals surface area contributed by atoms with Gasteiger partial charge in [-0.15, -0.1) is 0 Å². The fourth-order valence-electron chi connectivity index (χ4n) is 1.52. The zero-order chi connectivity index (χ0) is 15.8. The van der Waals surface area contributed by atoms with Crippen molar-refractivity contribution in [2.75, 3.05) is 33.3 Å². The van der Waals surface area contributed by atoms with Gasteiger partial charge in [-0.3, -0.25) is 4.79 Å². The number of benzene rings is 1. The minimum atomic E-state index is -0.767. The molecular formula is C14H20Cl2N2O3. The molecular weight excluding hydrogens is 315 g/mol. The number of aliphatic hydroxyl groups is 1. The van der Waals surface area contributed by atoms with Crippen LogP contribution >= 0.6 is 23.2 Å².